The summed E-state index contributed by atoms with van der Waals surface area (Å²) in [5.41, 5.74) is 1.32. The van der Waals surface area contributed by atoms with E-state index in [1.54, 1.807) is 12.1 Å². The van der Waals surface area contributed by atoms with Crippen LogP contribution in [-0.4, -0.2) is 26.7 Å². The lowest BCUT2D eigenvalue weighted by Gasteiger charge is -2.10. The van der Waals surface area contributed by atoms with Crippen LogP contribution in [0.2, 0.25) is 0 Å². The maximum atomic E-state index is 13.6. The maximum absolute atomic E-state index is 13.6. The average molecular weight is 462 g/mol. The first kappa shape index (κ1) is 22.6. The van der Waals surface area contributed by atoms with Gasteiger partial charge in [0.05, 0.1) is 28.7 Å². The van der Waals surface area contributed by atoms with E-state index in [1.807, 2.05) is 0 Å². The molecule has 0 unspecified atom stereocenters. The van der Waals surface area contributed by atoms with Crippen molar-refractivity contribution in [2.75, 3.05) is 17.3 Å². The Kier molecular flexibility index (Phi) is 6.64. The van der Waals surface area contributed by atoms with Gasteiger partial charge in [-0.1, -0.05) is 6.07 Å². The lowest BCUT2D eigenvalue weighted by molar-refractivity contribution is -0.384. The summed E-state index contributed by atoms with van der Waals surface area (Å²) in [7, 11) is -2.68. The molecule has 0 spiro atoms. The fraction of sp³-hybridized carbons (Fsp3) is 0.0500. The quantitative estimate of drug-likeness (QED) is 0.295. The van der Waals surface area contributed by atoms with Gasteiger partial charge in [-0.15, -0.1) is 0 Å². The van der Waals surface area contributed by atoms with Gasteiger partial charge < -0.3 is 4.74 Å². The van der Waals surface area contributed by atoms with Crippen LogP contribution in [0.25, 0.3) is 0 Å². The Labute approximate surface area is 181 Å². The Morgan fingerprint density at radius 3 is 2.31 bits per heavy atom. The van der Waals surface area contributed by atoms with Crippen molar-refractivity contribution in [1.82, 2.24) is 0 Å². The smallest absolute Gasteiger partial charge is 0.295 e. The number of nitrogens with zero attached hydrogens (tertiary/aromatic N) is 2. The summed E-state index contributed by atoms with van der Waals surface area (Å²) in [5.74, 6) is -1.21. The van der Waals surface area contributed by atoms with Crippen LogP contribution in [-0.2, 0) is 10.0 Å². The molecule has 0 saturated heterocycles. The van der Waals surface area contributed by atoms with Gasteiger partial charge in [-0.05, 0) is 48.5 Å². The third kappa shape index (κ3) is 5.16. The van der Waals surface area contributed by atoms with Crippen molar-refractivity contribution in [2.45, 2.75) is 4.90 Å². The number of halogens is 2. The first-order chi connectivity index (χ1) is 15.2. The highest BCUT2D eigenvalue weighted by Crippen LogP contribution is 2.29. The van der Waals surface area contributed by atoms with E-state index in [4.69, 9.17) is 4.74 Å². The van der Waals surface area contributed by atoms with Crippen LogP contribution in [0.4, 0.5) is 25.8 Å². The Balaban J connectivity index is 1.85. The number of ether oxygens (including phenoxy) is 1. The van der Waals surface area contributed by atoms with Gasteiger partial charge in [0, 0.05) is 11.8 Å². The fourth-order valence-electron chi connectivity index (χ4n) is 2.60. The van der Waals surface area contributed by atoms with Gasteiger partial charge in [0.2, 0.25) is 0 Å². The molecule has 32 heavy (non-hydrogen) atoms. The van der Waals surface area contributed by atoms with Crippen molar-refractivity contribution in [3.05, 3.63) is 88.0 Å². The second kappa shape index (κ2) is 9.39. The lowest BCUT2D eigenvalue weighted by Crippen LogP contribution is -2.13. The van der Waals surface area contributed by atoms with Crippen molar-refractivity contribution >= 4 is 33.3 Å². The number of benzene rings is 3. The predicted molar refractivity (Wildman–Crippen MR) is 114 cm³/mol. The number of nitro benzene ring substituents is 1. The summed E-state index contributed by atoms with van der Waals surface area (Å²) < 4.78 is 59.8. The van der Waals surface area contributed by atoms with E-state index in [1.165, 1.54) is 25.3 Å². The van der Waals surface area contributed by atoms with Crippen molar-refractivity contribution in [3.8, 4) is 5.75 Å². The highest BCUT2D eigenvalue weighted by atomic mass is 32.2. The lowest BCUT2D eigenvalue weighted by atomic mass is 10.2. The van der Waals surface area contributed by atoms with Crippen LogP contribution in [0.3, 0.4) is 0 Å². The average Bonchev–Trinajstić information content (AvgIpc) is 2.76. The minimum atomic E-state index is -4.14. The number of nitro groups is 1. The van der Waals surface area contributed by atoms with Gasteiger partial charge in [-0.3, -0.25) is 20.3 Å². The highest BCUT2D eigenvalue weighted by molar-refractivity contribution is 7.92. The van der Waals surface area contributed by atoms with Crippen LogP contribution in [0.1, 0.15) is 5.56 Å². The van der Waals surface area contributed by atoms with Crippen molar-refractivity contribution in [2.24, 2.45) is 5.10 Å². The first-order valence-electron chi connectivity index (χ1n) is 8.89. The molecule has 0 aromatic heterocycles. The van der Waals surface area contributed by atoms with E-state index in [9.17, 15) is 27.3 Å². The summed E-state index contributed by atoms with van der Waals surface area (Å²) in [6.07, 6.45) is 0.824. The molecular weight excluding hydrogens is 446 g/mol. The van der Waals surface area contributed by atoms with Gasteiger partial charge in [-0.25, -0.2) is 17.2 Å². The first-order valence-corrected chi connectivity index (χ1v) is 10.4. The highest BCUT2D eigenvalue weighted by Gasteiger charge is 2.21. The molecule has 0 amide bonds. The molecule has 12 heteroatoms. The van der Waals surface area contributed by atoms with Crippen molar-refractivity contribution in [1.29, 1.82) is 0 Å². The van der Waals surface area contributed by atoms with E-state index in [2.05, 4.69) is 15.2 Å². The predicted octanol–water partition coefficient (Wildman–Crippen LogP) is 4.13. The number of hydrogen-bond acceptors (Lipinski definition) is 7. The second-order valence-electron chi connectivity index (χ2n) is 6.28. The molecule has 166 valence electrons. The Morgan fingerprint density at radius 1 is 1.06 bits per heavy atom. The SMILES string of the molecule is COc1ccc(NS(=O)(=O)c2ccc(N/N=C\c3c(F)cccc3F)c([N+](=O)[O-])c2)cc1. The molecule has 2 N–H and O–H groups in total. The number of rotatable bonds is 8. The molecule has 3 aromatic rings. The molecule has 3 aromatic carbocycles. The molecule has 9 nitrogen and oxygen atoms in total. The number of sulfonamides is 1. The minimum Gasteiger partial charge on any atom is -0.497 e. The topological polar surface area (TPSA) is 123 Å². The van der Waals surface area contributed by atoms with E-state index in [-0.39, 0.29) is 16.3 Å². The van der Waals surface area contributed by atoms with Gasteiger partial charge in [0.15, 0.2) is 0 Å². The molecule has 3 rings (SSSR count). The summed E-state index contributed by atoms with van der Waals surface area (Å²) in [6.45, 7) is 0. The van der Waals surface area contributed by atoms with Crippen LogP contribution < -0.4 is 14.9 Å². The van der Waals surface area contributed by atoms with E-state index in [0.717, 1.165) is 36.5 Å². The standard InChI is InChI=1S/C20H16F2N4O5S/c1-31-14-7-5-13(6-8-14)25-32(29,30)15-9-10-19(20(11-15)26(27)28)24-23-12-16-17(21)3-2-4-18(16)22/h2-12,24-25H,1H3/b23-12-. The van der Waals surface area contributed by atoms with E-state index >= 15 is 0 Å². The largest absolute Gasteiger partial charge is 0.497 e. The number of nitrogens with one attached hydrogen (secondary N) is 2. The van der Waals surface area contributed by atoms with Gasteiger partial charge in [-0.2, -0.15) is 5.10 Å². The van der Waals surface area contributed by atoms with Crippen LogP contribution in [0.15, 0.2) is 70.7 Å². The van der Waals surface area contributed by atoms with Crippen LogP contribution >= 0.6 is 0 Å². The van der Waals surface area contributed by atoms with Gasteiger partial charge in [0.1, 0.15) is 23.1 Å². The third-order valence-corrected chi connectivity index (χ3v) is 5.58. The Morgan fingerprint density at radius 2 is 1.72 bits per heavy atom. The second-order valence-corrected chi connectivity index (χ2v) is 7.96. The summed E-state index contributed by atoms with van der Waals surface area (Å²) in [4.78, 5) is 10.3. The molecular formula is C20H16F2N4O5S. The Hall–Kier alpha value is -4.06. The third-order valence-electron chi connectivity index (χ3n) is 4.20. The van der Waals surface area contributed by atoms with Crippen molar-refractivity contribution in [3.63, 3.8) is 0 Å². The molecule has 0 saturated carbocycles. The van der Waals surface area contributed by atoms with E-state index < -0.39 is 37.8 Å². The number of anilines is 2. The molecule has 0 radical (unpaired) electrons. The molecule has 0 atom stereocenters. The normalized spacial score (nSPS) is 11.3. The Bertz CT molecular complexity index is 1260. The molecule has 0 aliphatic heterocycles. The summed E-state index contributed by atoms with van der Waals surface area (Å²) in [5, 5.41) is 15.1. The summed E-state index contributed by atoms with van der Waals surface area (Å²) >= 11 is 0. The van der Waals surface area contributed by atoms with Gasteiger partial charge in [0.25, 0.3) is 15.7 Å². The van der Waals surface area contributed by atoms with Crippen LogP contribution in [0.5, 0.6) is 5.75 Å². The summed E-state index contributed by atoms with van der Waals surface area (Å²) in [6, 6.07) is 12.4. The number of hydrazone groups is 1. The fourth-order valence-corrected chi connectivity index (χ4v) is 3.68. The monoisotopic (exact) mass is 462 g/mol. The maximum Gasteiger partial charge on any atom is 0.295 e. The molecule has 0 heterocycles. The molecule has 0 fully saturated rings. The number of methoxy groups -OCH3 is 1. The number of hydrogen-bond donors (Lipinski definition) is 2. The zero-order chi connectivity index (χ0) is 23.3. The minimum absolute atomic E-state index is 0.175. The van der Waals surface area contributed by atoms with Crippen molar-refractivity contribution < 1.29 is 26.9 Å². The van der Waals surface area contributed by atoms with Crippen LogP contribution in [0, 0.1) is 21.7 Å². The zero-order valence-corrected chi connectivity index (χ0v) is 17.3. The molecule has 0 aliphatic rings. The molecule has 0 bridgehead atoms. The zero-order valence-electron chi connectivity index (χ0n) is 16.5. The van der Waals surface area contributed by atoms with E-state index in [0.29, 0.717) is 5.75 Å². The van der Waals surface area contributed by atoms with Gasteiger partial charge >= 0.3 is 0 Å². The molecule has 0 aliphatic carbocycles.